The first kappa shape index (κ1) is 9.79. The van der Waals surface area contributed by atoms with E-state index in [4.69, 9.17) is 5.73 Å². The molecule has 0 saturated heterocycles. The Balaban J connectivity index is 2.44. The molecule has 2 N–H and O–H groups in total. The molecule has 5 heteroatoms. The summed E-state index contributed by atoms with van der Waals surface area (Å²) in [6, 6.07) is 6.12. The smallest absolute Gasteiger partial charge is 0.164 e. The van der Waals surface area contributed by atoms with Crippen LogP contribution in [0.5, 0.6) is 0 Å². The molecule has 0 unspecified atom stereocenters. The first-order valence-electron chi connectivity index (χ1n) is 4.56. The van der Waals surface area contributed by atoms with Gasteiger partial charge in [-0.25, -0.2) is 14.1 Å². The molecule has 0 saturated carbocycles. The van der Waals surface area contributed by atoms with Gasteiger partial charge in [-0.05, 0) is 24.3 Å². The van der Waals surface area contributed by atoms with Crippen LogP contribution in [0.15, 0.2) is 24.3 Å². The molecule has 0 spiro atoms. The first-order chi connectivity index (χ1) is 7.20. The minimum atomic E-state index is -0.264. The monoisotopic (exact) mass is 206 g/mol. The minimum absolute atomic E-state index is 0.264. The Labute approximate surface area is 86.6 Å². The predicted octanol–water partition coefficient (Wildman–Crippen LogP) is 1.08. The summed E-state index contributed by atoms with van der Waals surface area (Å²) in [5.41, 5.74) is 6.26. The van der Waals surface area contributed by atoms with E-state index in [2.05, 4.69) is 10.1 Å². The largest absolute Gasteiger partial charge is 0.324 e. The van der Waals surface area contributed by atoms with Gasteiger partial charge in [0, 0.05) is 12.6 Å². The number of halogens is 1. The highest BCUT2D eigenvalue weighted by molar-refractivity contribution is 5.54. The van der Waals surface area contributed by atoms with E-state index < -0.39 is 0 Å². The molecule has 0 atom stereocenters. The van der Waals surface area contributed by atoms with Crippen molar-refractivity contribution < 1.29 is 4.39 Å². The molecule has 0 amide bonds. The number of nitrogens with zero attached hydrogens (tertiary/aromatic N) is 3. The fraction of sp³-hybridized carbons (Fsp3) is 0.200. The third-order valence-electron chi connectivity index (χ3n) is 2.09. The van der Waals surface area contributed by atoms with Gasteiger partial charge in [-0.2, -0.15) is 5.10 Å². The van der Waals surface area contributed by atoms with Crippen molar-refractivity contribution in [3.8, 4) is 11.4 Å². The molecular weight excluding hydrogens is 195 g/mol. The number of hydrogen-bond donors (Lipinski definition) is 1. The minimum Gasteiger partial charge on any atom is -0.324 e. The average molecular weight is 206 g/mol. The molecule has 0 aliphatic rings. The molecule has 0 aliphatic carbocycles. The van der Waals surface area contributed by atoms with Gasteiger partial charge in [-0.15, -0.1) is 0 Å². The Bertz CT molecular complexity index is 461. The number of aryl methyl sites for hydroxylation is 1. The van der Waals surface area contributed by atoms with Crippen LogP contribution in [-0.4, -0.2) is 14.8 Å². The summed E-state index contributed by atoms with van der Waals surface area (Å²) in [7, 11) is 1.78. The SMILES string of the molecule is Cn1nc(CN)nc1-c1ccc(F)cc1. The van der Waals surface area contributed by atoms with Crippen molar-refractivity contribution in [2.24, 2.45) is 12.8 Å². The maximum atomic E-state index is 12.7. The molecule has 0 radical (unpaired) electrons. The van der Waals surface area contributed by atoms with Crippen LogP contribution in [0.4, 0.5) is 4.39 Å². The Morgan fingerprint density at radius 3 is 2.53 bits per heavy atom. The van der Waals surface area contributed by atoms with Crippen molar-refractivity contribution >= 4 is 0 Å². The lowest BCUT2D eigenvalue weighted by Crippen LogP contribution is -1.99. The number of hydrogen-bond acceptors (Lipinski definition) is 3. The van der Waals surface area contributed by atoms with Crippen LogP contribution in [-0.2, 0) is 13.6 Å². The Morgan fingerprint density at radius 2 is 2.00 bits per heavy atom. The van der Waals surface area contributed by atoms with Crippen LogP contribution in [0.25, 0.3) is 11.4 Å². The van der Waals surface area contributed by atoms with Gasteiger partial charge in [-0.3, -0.25) is 0 Å². The Morgan fingerprint density at radius 1 is 1.33 bits per heavy atom. The maximum absolute atomic E-state index is 12.7. The molecule has 0 bridgehead atoms. The Kier molecular flexibility index (Phi) is 2.47. The fourth-order valence-electron chi connectivity index (χ4n) is 1.37. The van der Waals surface area contributed by atoms with Crippen molar-refractivity contribution in [3.05, 3.63) is 35.9 Å². The van der Waals surface area contributed by atoms with E-state index in [0.717, 1.165) is 5.56 Å². The van der Waals surface area contributed by atoms with Gasteiger partial charge in [-0.1, -0.05) is 0 Å². The number of benzene rings is 1. The maximum Gasteiger partial charge on any atom is 0.164 e. The van der Waals surface area contributed by atoms with Crippen molar-refractivity contribution in [1.82, 2.24) is 14.8 Å². The van der Waals surface area contributed by atoms with Crippen LogP contribution in [0.1, 0.15) is 5.82 Å². The van der Waals surface area contributed by atoms with Crippen molar-refractivity contribution in [3.63, 3.8) is 0 Å². The summed E-state index contributed by atoms with van der Waals surface area (Å²) in [5, 5.41) is 4.11. The number of aromatic nitrogens is 3. The van der Waals surface area contributed by atoms with E-state index in [1.54, 1.807) is 23.9 Å². The zero-order valence-corrected chi connectivity index (χ0v) is 8.31. The molecule has 1 aromatic carbocycles. The lowest BCUT2D eigenvalue weighted by Gasteiger charge is -1.98. The second-order valence-corrected chi connectivity index (χ2v) is 3.19. The van der Waals surface area contributed by atoms with Crippen LogP contribution in [0.3, 0.4) is 0 Å². The van der Waals surface area contributed by atoms with Gasteiger partial charge >= 0.3 is 0 Å². The second-order valence-electron chi connectivity index (χ2n) is 3.19. The zero-order chi connectivity index (χ0) is 10.8. The highest BCUT2D eigenvalue weighted by atomic mass is 19.1. The molecule has 2 aromatic rings. The van der Waals surface area contributed by atoms with E-state index in [0.29, 0.717) is 18.2 Å². The highest BCUT2D eigenvalue weighted by Crippen LogP contribution is 2.16. The third-order valence-corrected chi connectivity index (χ3v) is 2.09. The van der Waals surface area contributed by atoms with Crippen molar-refractivity contribution in [1.29, 1.82) is 0 Å². The van der Waals surface area contributed by atoms with E-state index in [9.17, 15) is 4.39 Å². The van der Waals surface area contributed by atoms with Gasteiger partial charge in [0.2, 0.25) is 0 Å². The summed E-state index contributed by atoms with van der Waals surface area (Å²) < 4.78 is 14.3. The molecule has 1 heterocycles. The van der Waals surface area contributed by atoms with E-state index in [-0.39, 0.29) is 5.82 Å². The van der Waals surface area contributed by atoms with Crippen molar-refractivity contribution in [2.45, 2.75) is 6.54 Å². The molecular formula is C10H11FN4. The summed E-state index contributed by atoms with van der Waals surface area (Å²) in [6.45, 7) is 0.301. The normalized spacial score (nSPS) is 10.6. The van der Waals surface area contributed by atoms with Crippen LogP contribution in [0, 0.1) is 5.82 Å². The molecule has 15 heavy (non-hydrogen) atoms. The van der Waals surface area contributed by atoms with Gasteiger partial charge in [0.15, 0.2) is 11.6 Å². The van der Waals surface area contributed by atoms with Crippen LogP contribution >= 0.6 is 0 Å². The zero-order valence-electron chi connectivity index (χ0n) is 8.31. The van der Waals surface area contributed by atoms with Crippen LogP contribution in [0.2, 0.25) is 0 Å². The second kappa shape index (κ2) is 3.78. The Hall–Kier alpha value is -1.75. The summed E-state index contributed by atoms with van der Waals surface area (Å²) in [4.78, 5) is 4.23. The van der Waals surface area contributed by atoms with E-state index in [1.807, 2.05) is 0 Å². The lowest BCUT2D eigenvalue weighted by molar-refractivity contribution is 0.628. The highest BCUT2D eigenvalue weighted by Gasteiger charge is 2.07. The van der Waals surface area contributed by atoms with Gasteiger partial charge in [0.1, 0.15) is 5.82 Å². The number of nitrogens with two attached hydrogens (primary N) is 1. The molecule has 0 fully saturated rings. The average Bonchev–Trinajstić information content (AvgIpc) is 2.61. The van der Waals surface area contributed by atoms with Crippen molar-refractivity contribution in [2.75, 3.05) is 0 Å². The standard InChI is InChI=1S/C10H11FN4/c1-15-10(13-9(6-12)14-15)7-2-4-8(11)5-3-7/h2-5H,6,12H2,1H3. The predicted molar refractivity (Wildman–Crippen MR) is 54.3 cm³/mol. The lowest BCUT2D eigenvalue weighted by atomic mass is 10.2. The number of rotatable bonds is 2. The topological polar surface area (TPSA) is 56.7 Å². The van der Waals surface area contributed by atoms with Crippen LogP contribution < -0.4 is 5.73 Å². The molecule has 2 rings (SSSR count). The molecule has 0 aliphatic heterocycles. The van der Waals surface area contributed by atoms with Gasteiger partial charge < -0.3 is 5.73 Å². The molecule has 1 aromatic heterocycles. The molecule has 78 valence electrons. The first-order valence-corrected chi connectivity index (χ1v) is 4.56. The van der Waals surface area contributed by atoms with E-state index >= 15 is 0 Å². The summed E-state index contributed by atoms with van der Waals surface area (Å²) in [6.07, 6.45) is 0. The summed E-state index contributed by atoms with van der Waals surface area (Å²) >= 11 is 0. The van der Waals surface area contributed by atoms with E-state index in [1.165, 1.54) is 12.1 Å². The quantitative estimate of drug-likeness (QED) is 0.799. The van der Waals surface area contributed by atoms with Gasteiger partial charge in [0.25, 0.3) is 0 Å². The fourth-order valence-corrected chi connectivity index (χ4v) is 1.37. The van der Waals surface area contributed by atoms with Gasteiger partial charge in [0.05, 0.1) is 6.54 Å². The summed E-state index contributed by atoms with van der Waals surface area (Å²) in [5.74, 6) is 1.01. The third kappa shape index (κ3) is 1.87. The molecule has 4 nitrogen and oxygen atoms in total.